The van der Waals surface area contributed by atoms with Crippen molar-refractivity contribution in [3.63, 3.8) is 0 Å². The number of hydrogen-bond acceptors (Lipinski definition) is 4. The van der Waals surface area contributed by atoms with Crippen LogP contribution in [0, 0.1) is 0 Å². The number of amides is 2. The summed E-state index contributed by atoms with van der Waals surface area (Å²) in [6, 6.07) is 4.37. The maximum absolute atomic E-state index is 13.6. The van der Waals surface area contributed by atoms with Crippen molar-refractivity contribution in [3.05, 3.63) is 22.7 Å². The van der Waals surface area contributed by atoms with Crippen LogP contribution in [0.5, 0.6) is 0 Å². The van der Waals surface area contributed by atoms with Gasteiger partial charge in [0.25, 0.3) is 5.91 Å². The highest BCUT2D eigenvalue weighted by Crippen LogP contribution is 2.36. The molecular weight excluding hydrogens is 398 g/mol. The van der Waals surface area contributed by atoms with E-state index in [0.717, 1.165) is 42.3 Å². The molecule has 6 nitrogen and oxygen atoms in total. The monoisotopic (exact) mass is 431 g/mol. The van der Waals surface area contributed by atoms with E-state index in [-0.39, 0.29) is 17.9 Å². The summed E-state index contributed by atoms with van der Waals surface area (Å²) in [5.74, 6) is -0.129. The lowest BCUT2D eigenvalue weighted by Gasteiger charge is -2.44. The molecule has 0 radical (unpaired) electrons. The Labute approximate surface area is 182 Å². The Morgan fingerprint density at radius 1 is 1.27 bits per heavy atom. The summed E-state index contributed by atoms with van der Waals surface area (Å²) in [6.07, 6.45) is 7.82. The molecule has 0 saturated heterocycles. The zero-order valence-corrected chi connectivity index (χ0v) is 19.1. The fraction of sp³-hybridized carbons (Fsp3) is 0.652. The third kappa shape index (κ3) is 3.78. The molecule has 7 heteroatoms. The van der Waals surface area contributed by atoms with Gasteiger partial charge in [0.05, 0.1) is 23.4 Å². The molecule has 0 unspecified atom stereocenters. The third-order valence-corrected chi connectivity index (χ3v) is 7.93. The molecule has 30 heavy (non-hydrogen) atoms. The average Bonchev–Trinajstić information content (AvgIpc) is 3.17. The van der Waals surface area contributed by atoms with E-state index in [0.29, 0.717) is 25.4 Å². The first-order valence-corrected chi connectivity index (χ1v) is 12.0. The Kier molecular flexibility index (Phi) is 6.21. The molecule has 1 aliphatic carbocycles. The van der Waals surface area contributed by atoms with Gasteiger partial charge in [-0.1, -0.05) is 32.6 Å². The van der Waals surface area contributed by atoms with E-state index < -0.39 is 5.54 Å². The quantitative estimate of drug-likeness (QED) is 0.704. The minimum Gasteiger partial charge on any atom is -0.383 e. The van der Waals surface area contributed by atoms with Crippen LogP contribution in [-0.4, -0.2) is 53.1 Å². The van der Waals surface area contributed by atoms with Crippen molar-refractivity contribution >= 4 is 33.4 Å². The molecule has 1 N–H and O–H groups in total. The normalized spacial score (nSPS) is 22.9. The second-order valence-corrected chi connectivity index (χ2v) is 9.99. The van der Waals surface area contributed by atoms with Crippen LogP contribution in [0.15, 0.2) is 12.1 Å². The Balaban J connectivity index is 1.68. The number of carbonyl (C=O) groups is 2. The van der Waals surface area contributed by atoms with Crippen molar-refractivity contribution in [2.24, 2.45) is 0 Å². The van der Waals surface area contributed by atoms with Gasteiger partial charge in [-0.2, -0.15) is 0 Å². The van der Waals surface area contributed by atoms with E-state index >= 15 is 0 Å². The first-order valence-electron chi connectivity index (χ1n) is 11.2. The van der Waals surface area contributed by atoms with Crippen LogP contribution >= 0.6 is 11.3 Å². The number of aromatic nitrogens is 1. The Morgan fingerprint density at radius 3 is 2.67 bits per heavy atom. The van der Waals surface area contributed by atoms with Crippen molar-refractivity contribution in [1.29, 1.82) is 0 Å². The smallest absolute Gasteiger partial charge is 0.271 e. The van der Waals surface area contributed by atoms with Crippen molar-refractivity contribution < 1.29 is 14.3 Å². The summed E-state index contributed by atoms with van der Waals surface area (Å²) in [5.41, 5.74) is 0.810. The molecule has 164 valence electrons. The molecular formula is C23H33N3O3S. The van der Waals surface area contributed by atoms with Gasteiger partial charge in [0.2, 0.25) is 5.91 Å². The molecule has 1 aliphatic heterocycles. The van der Waals surface area contributed by atoms with E-state index in [4.69, 9.17) is 4.74 Å². The standard InChI is InChI=1S/C23H33N3O3S/c1-4-17-13-18-20(30-17)14-19-21(27)26(11-12-29-3)23(2,15-25(18)19)22(28)24-16-9-7-5-6-8-10-16/h13-14,16H,4-12,15H2,1-3H3,(H,24,28)/t23-/m0/s1. The van der Waals surface area contributed by atoms with Gasteiger partial charge in [0, 0.05) is 24.6 Å². The fourth-order valence-electron chi connectivity index (χ4n) is 4.86. The summed E-state index contributed by atoms with van der Waals surface area (Å²) in [4.78, 5) is 30.1. The Hall–Kier alpha value is -1.86. The molecule has 2 aromatic heterocycles. The lowest BCUT2D eigenvalue weighted by molar-refractivity contribution is -0.134. The largest absolute Gasteiger partial charge is 0.383 e. The summed E-state index contributed by atoms with van der Waals surface area (Å²) in [6.45, 7) is 5.34. The minimum atomic E-state index is -0.935. The number of carbonyl (C=O) groups excluding carboxylic acids is 2. The van der Waals surface area contributed by atoms with Crippen LogP contribution in [-0.2, 0) is 22.5 Å². The second-order valence-electron chi connectivity index (χ2n) is 8.82. The number of hydrogen-bond donors (Lipinski definition) is 1. The highest BCUT2D eigenvalue weighted by molar-refractivity contribution is 7.19. The fourth-order valence-corrected chi connectivity index (χ4v) is 5.90. The number of nitrogens with one attached hydrogen (secondary N) is 1. The first kappa shape index (κ1) is 21.4. The molecule has 0 bridgehead atoms. The number of ether oxygens (including phenoxy) is 1. The number of fused-ring (bicyclic) bond motifs is 3. The molecule has 3 heterocycles. The molecule has 2 aromatic rings. The number of thiophene rings is 1. The Morgan fingerprint density at radius 2 is 2.00 bits per heavy atom. The van der Waals surface area contributed by atoms with E-state index in [9.17, 15) is 9.59 Å². The summed E-state index contributed by atoms with van der Waals surface area (Å²) < 4.78 is 8.44. The zero-order chi connectivity index (χ0) is 21.3. The van der Waals surface area contributed by atoms with Crippen molar-refractivity contribution in [1.82, 2.24) is 14.8 Å². The summed E-state index contributed by atoms with van der Waals surface area (Å²) >= 11 is 1.73. The van der Waals surface area contributed by atoms with Crippen LogP contribution in [0.3, 0.4) is 0 Å². The van der Waals surface area contributed by atoms with Gasteiger partial charge in [-0.25, -0.2) is 0 Å². The van der Waals surface area contributed by atoms with Gasteiger partial charge in [0.1, 0.15) is 11.2 Å². The maximum Gasteiger partial charge on any atom is 0.271 e. The van der Waals surface area contributed by atoms with Crippen LogP contribution in [0.4, 0.5) is 0 Å². The van der Waals surface area contributed by atoms with E-state index in [1.165, 1.54) is 17.7 Å². The van der Waals surface area contributed by atoms with Gasteiger partial charge < -0.3 is 19.5 Å². The van der Waals surface area contributed by atoms with Gasteiger partial charge in [-0.3, -0.25) is 9.59 Å². The topological polar surface area (TPSA) is 63.6 Å². The lowest BCUT2D eigenvalue weighted by Crippen LogP contribution is -2.65. The van der Waals surface area contributed by atoms with E-state index in [1.54, 1.807) is 23.3 Å². The Bertz CT molecular complexity index is 926. The van der Waals surface area contributed by atoms with Gasteiger partial charge >= 0.3 is 0 Å². The molecule has 1 fully saturated rings. The number of rotatable bonds is 6. The minimum absolute atomic E-state index is 0.0442. The highest BCUT2D eigenvalue weighted by Gasteiger charge is 2.48. The molecule has 0 aromatic carbocycles. The van der Waals surface area contributed by atoms with Crippen LogP contribution in [0.25, 0.3) is 10.2 Å². The summed E-state index contributed by atoms with van der Waals surface area (Å²) in [5, 5.41) is 3.30. The predicted octanol–water partition coefficient (Wildman–Crippen LogP) is 3.97. The first-order chi connectivity index (χ1) is 14.5. The van der Waals surface area contributed by atoms with Gasteiger partial charge in [-0.15, -0.1) is 11.3 Å². The molecule has 1 atom stereocenters. The highest BCUT2D eigenvalue weighted by atomic mass is 32.1. The van der Waals surface area contributed by atoms with Crippen LogP contribution in [0.1, 0.15) is 67.7 Å². The molecule has 0 spiro atoms. The molecule has 1 saturated carbocycles. The van der Waals surface area contributed by atoms with E-state index in [2.05, 4.69) is 22.9 Å². The molecule has 4 rings (SSSR count). The number of aryl methyl sites for hydroxylation is 1. The van der Waals surface area contributed by atoms with Crippen molar-refractivity contribution in [3.8, 4) is 0 Å². The molecule has 2 amide bonds. The van der Waals surface area contributed by atoms with E-state index in [1.807, 2.05) is 13.0 Å². The second kappa shape index (κ2) is 8.71. The van der Waals surface area contributed by atoms with Crippen LogP contribution < -0.4 is 5.32 Å². The number of methoxy groups -OCH3 is 1. The van der Waals surface area contributed by atoms with Crippen LogP contribution in [0.2, 0.25) is 0 Å². The van der Waals surface area contributed by atoms with Gasteiger partial charge in [-0.05, 0) is 38.3 Å². The lowest BCUT2D eigenvalue weighted by atomic mass is 9.93. The van der Waals surface area contributed by atoms with Gasteiger partial charge in [0.15, 0.2) is 0 Å². The number of nitrogens with zero attached hydrogens (tertiary/aromatic N) is 2. The molecule has 2 aliphatic rings. The zero-order valence-electron chi connectivity index (χ0n) is 18.3. The SMILES string of the molecule is CCc1cc2c(cc3n2C[C@@](C)(C(=O)NC2CCCCCC2)N(CCOC)C3=O)s1. The predicted molar refractivity (Wildman–Crippen MR) is 120 cm³/mol. The third-order valence-electron chi connectivity index (χ3n) is 6.71. The summed E-state index contributed by atoms with van der Waals surface area (Å²) in [7, 11) is 1.63. The average molecular weight is 432 g/mol. The van der Waals surface area contributed by atoms with Crippen molar-refractivity contribution in [2.75, 3.05) is 20.3 Å². The maximum atomic E-state index is 13.6. The van der Waals surface area contributed by atoms with Crippen molar-refractivity contribution in [2.45, 2.75) is 76.9 Å².